The number of Topliss-reactive ketones (excluding diaryl/α,β-unsaturated/α-hetero) is 2. The zero-order valence-corrected chi connectivity index (χ0v) is 14.7. The molecule has 0 aliphatic rings. The third-order valence-corrected chi connectivity index (χ3v) is 3.79. The predicted molar refractivity (Wildman–Crippen MR) is 89.6 cm³/mol. The molecule has 0 unspecified atom stereocenters. The molecule has 0 saturated heterocycles. The van der Waals surface area contributed by atoms with E-state index in [0.29, 0.717) is 31.6 Å². The van der Waals surface area contributed by atoms with Gasteiger partial charge >= 0.3 is 0 Å². The lowest BCUT2D eigenvalue weighted by Gasteiger charge is -2.06. The Morgan fingerprint density at radius 2 is 1.14 bits per heavy atom. The van der Waals surface area contributed by atoms with Crippen LogP contribution in [0, 0.1) is 11.8 Å². The van der Waals surface area contributed by atoms with Gasteiger partial charge in [0.1, 0.15) is 11.6 Å². The molecule has 0 saturated carbocycles. The van der Waals surface area contributed by atoms with Gasteiger partial charge in [-0.3, -0.25) is 14.4 Å². The van der Waals surface area contributed by atoms with Crippen LogP contribution >= 0.6 is 0 Å². The summed E-state index contributed by atoms with van der Waals surface area (Å²) in [6.07, 6.45) is 6.09. The minimum absolute atomic E-state index is 0.0650. The van der Waals surface area contributed by atoms with E-state index in [2.05, 4.69) is 5.32 Å². The van der Waals surface area contributed by atoms with Crippen molar-refractivity contribution in [1.82, 2.24) is 5.32 Å². The highest BCUT2D eigenvalue weighted by atomic mass is 16.1. The van der Waals surface area contributed by atoms with Crippen LogP contribution in [0.2, 0.25) is 0 Å². The van der Waals surface area contributed by atoms with Gasteiger partial charge in [-0.15, -0.1) is 0 Å². The maximum Gasteiger partial charge on any atom is 0.219 e. The van der Waals surface area contributed by atoms with E-state index in [9.17, 15) is 14.4 Å². The first-order chi connectivity index (χ1) is 10.3. The molecule has 4 heteroatoms. The van der Waals surface area contributed by atoms with E-state index in [1.807, 2.05) is 27.7 Å². The van der Waals surface area contributed by atoms with Crippen LogP contribution in [0.1, 0.15) is 79.1 Å². The van der Waals surface area contributed by atoms with E-state index < -0.39 is 0 Å². The van der Waals surface area contributed by atoms with Gasteiger partial charge in [0.2, 0.25) is 5.91 Å². The first kappa shape index (κ1) is 20.8. The summed E-state index contributed by atoms with van der Waals surface area (Å²) in [5, 5.41) is 2.90. The summed E-state index contributed by atoms with van der Waals surface area (Å²) < 4.78 is 0. The maximum absolute atomic E-state index is 11.6. The predicted octanol–water partition coefficient (Wildman–Crippen LogP) is 3.67. The molecule has 0 spiro atoms. The van der Waals surface area contributed by atoms with Gasteiger partial charge in [-0.1, -0.05) is 34.1 Å². The highest BCUT2D eigenvalue weighted by molar-refractivity contribution is 5.80. The van der Waals surface area contributed by atoms with E-state index in [4.69, 9.17) is 0 Å². The fourth-order valence-corrected chi connectivity index (χ4v) is 2.08. The topological polar surface area (TPSA) is 63.2 Å². The molecule has 0 fully saturated rings. The number of carbonyl (C=O) groups excluding carboxylic acids is 3. The van der Waals surface area contributed by atoms with Crippen LogP contribution in [0.5, 0.6) is 0 Å². The Bertz CT molecular complexity index is 348. The molecule has 0 heterocycles. The molecule has 1 amide bonds. The minimum Gasteiger partial charge on any atom is -0.356 e. The largest absolute Gasteiger partial charge is 0.356 e. The van der Waals surface area contributed by atoms with Crippen molar-refractivity contribution in [3.05, 3.63) is 0 Å². The number of rotatable bonds is 13. The Hall–Kier alpha value is -1.19. The molecular formula is C18H33NO3. The standard InChI is InChI=1S/C18H33NO3/c1-14(2)16(20)10-6-5-9-13-19-18(22)12-8-7-11-17(21)15(3)4/h14-15H,5-13H2,1-4H3,(H,19,22). The Morgan fingerprint density at radius 3 is 1.64 bits per heavy atom. The van der Waals surface area contributed by atoms with Crippen LogP contribution in [0.4, 0.5) is 0 Å². The second-order valence-electron chi connectivity index (χ2n) is 6.61. The average Bonchev–Trinajstić information content (AvgIpc) is 2.46. The summed E-state index contributed by atoms with van der Waals surface area (Å²) in [6.45, 7) is 8.35. The van der Waals surface area contributed by atoms with Crippen molar-refractivity contribution >= 4 is 17.5 Å². The number of ketones is 2. The number of carbonyl (C=O) groups is 3. The monoisotopic (exact) mass is 311 g/mol. The molecule has 0 aliphatic carbocycles. The first-order valence-corrected chi connectivity index (χ1v) is 8.66. The third-order valence-electron chi connectivity index (χ3n) is 3.79. The van der Waals surface area contributed by atoms with Gasteiger partial charge in [-0.2, -0.15) is 0 Å². The minimum atomic E-state index is 0.0650. The van der Waals surface area contributed by atoms with Crippen LogP contribution in [0.3, 0.4) is 0 Å². The van der Waals surface area contributed by atoms with Crippen LogP contribution in [0.25, 0.3) is 0 Å². The van der Waals surface area contributed by atoms with Crippen LogP contribution in [-0.4, -0.2) is 24.0 Å². The number of amides is 1. The highest BCUT2D eigenvalue weighted by Gasteiger charge is 2.08. The summed E-state index contributed by atoms with van der Waals surface area (Å²) in [5.41, 5.74) is 0. The van der Waals surface area contributed by atoms with Gasteiger partial charge in [0.25, 0.3) is 0 Å². The molecule has 0 rings (SSSR count). The lowest BCUT2D eigenvalue weighted by Crippen LogP contribution is -2.24. The Morgan fingerprint density at radius 1 is 0.682 bits per heavy atom. The summed E-state index contributed by atoms with van der Waals surface area (Å²) in [5.74, 6) is 0.880. The van der Waals surface area contributed by atoms with Gasteiger partial charge in [0.05, 0.1) is 0 Å². The van der Waals surface area contributed by atoms with Crippen molar-refractivity contribution in [2.75, 3.05) is 6.54 Å². The molecule has 0 aromatic heterocycles. The van der Waals surface area contributed by atoms with Crippen molar-refractivity contribution in [2.24, 2.45) is 11.8 Å². The molecule has 4 nitrogen and oxygen atoms in total. The smallest absolute Gasteiger partial charge is 0.219 e. The maximum atomic E-state index is 11.6. The number of hydrogen-bond acceptors (Lipinski definition) is 3. The van der Waals surface area contributed by atoms with Crippen LogP contribution < -0.4 is 5.32 Å². The molecule has 0 aromatic rings. The first-order valence-electron chi connectivity index (χ1n) is 8.66. The zero-order valence-electron chi connectivity index (χ0n) is 14.7. The summed E-state index contributed by atoms with van der Waals surface area (Å²) in [7, 11) is 0. The fourth-order valence-electron chi connectivity index (χ4n) is 2.08. The van der Waals surface area contributed by atoms with Crippen LogP contribution in [-0.2, 0) is 14.4 Å². The Kier molecular flexibility index (Phi) is 11.7. The Labute approximate surface area is 135 Å². The molecule has 128 valence electrons. The molecule has 0 atom stereocenters. The van der Waals surface area contributed by atoms with Gasteiger partial charge in [0, 0.05) is 37.6 Å². The van der Waals surface area contributed by atoms with E-state index >= 15 is 0 Å². The van der Waals surface area contributed by atoms with Gasteiger partial charge in [-0.25, -0.2) is 0 Å². The summed E-state index contributed by atoms with van der Waals surface area (Å²) in [4.78, 5) is 34.5. The van der Waals surface area contributed by atoms with Gasteiger partial charge in [0.15, 0.2) is 0 Å². The lowest BCUT2D eigenvalue weighted by atomic mass is 10.0. The average molecular weight is 311 g/mol. The molecule has 22 heavy (non-hydrogen) atoms. The molecule has 0 radical (unpaired) electrons. The van der Waals surface area contributed by atoms with E-state index in [0.717, 1.165) is 32.1 Å². The summed E-state index contributed by atoms with van der Waals surface area (Å²) in [6, 6.07) is 0. The van der Waals surface area contributed by atoms with Crippen molar-refractivity contribution in [3.8, 4) is 0 Å². The van der Waals surface area contributed by atoms with E-state index in [1.165, 1.54) is 0 Å². The van der Waals surface area contributed by atoms with Crippen molar-refractivity contribution in [3.63, 3.8) is 0 Å². The van der Waals surface area contributed by atoms with Crippen molar-refractivity contribution < 1.29 is 14.4 Å². The normalized spacial score (nSPS) is 11.0. The number of hydrogen-bond donors (Lipinski definition) is 1. The second-order valence-corrected chi connectivity index (χ2v) is 6.61. The molecular weight excluding hydrogens is 278 g/mol. The number of unbranched alkanes of at least 4 members (excludes halogenated alkanes) is 3. The van der Waals surface area contributed by atoms with Crippen molar-refractivity contribution in [2.45, 2.75) is 79.1 Å². The zero-order chi connectivity index (χ0) is 17.0. The second kappa shape index (κ2) is 12.4. The van der Waals surface area contributed by atoms with E-state index in [1.54, 1.807) is 0 Å². The van der Waals surface area contributed by atoms with Crippen LogP contribution in [0.15, 0.2) is 0 Å². The van der Waals surface area contributed by atoms with Crippen molar-refractivity contribution in [1.29, 1.82) is 0 Å². The van der Waals surface area contributed by atoms with E-state index in [-0.39, 0.29) is 23.5 Å². The molecule has 1 N–H and O–H groups in total. The quantitative estimate of drug-likeness (QED) is 0.528. The Balaban J connectivity index is 3.43. The molecule has 0 bridgehead atoms. The fraction of sp³-hybridized carbons (Fsp3) is 0.833. The number of nitrogens with one attached hydrogen (secondary N) is 1. The third kappa shape index (κ3) is 11.5. The summed E-state index contributed by atoms with van der Waals surface area (Å²) >= 11 is 0. The van der Waals surface area contributed by atoms with Gasteiger partial charge in [-0.05, 0) is 25.7 Å². The lowest BCUT2D eigenvalue weighted by molar-refractivity contribution is -0.123. The molecule has 0 aliphatic heterocycles. The highest BCUT2D eigenvalue weighted by Crippen LogP contribution is 2.07. The SMILES string of the molecule is CC(C)C(=O)CCCCCNC(=O)CCCCC(=O)C(C)C. The van der Waals surface area contributed by atoms with Gasteiger partial charge < -0.3 is 5.32 Å². The molecule has 0 aromatic carbocycles.